The minimum atomic E-state index is -0.256. The van der Waals surface area contributed by atoms with E-state index in [-0.39, 0.29) is 28.6 Å². The summed E-state index contributed by atoms with van der Waals surface area (Å²) in [7, 11) is 0. The summed E-state index contributed by atoms with van der Waals surface area (Å²) in [4.78, 5) is 0. The van der Waals surface area contributed by atoms with Crippen LogP contribution in [-0.4, -0.2) is 15.3 Å². The zero-order valence-electron chi connectivity index (χ0n) is 8.88. The Morgan fingerprint density at radius 2 is 1.59 bits per heavy atom. The fraction of sp³-hybridized carbons (Fsp3) is 0. The highest BCUT2D eigenvalue weighted by atomic mass is 16.3. The molecule has 6 N–H and O–H groups in total. The first-order valence-electron chi connectivity index (χ1n) is 4.95. The number of hydrogen-bond donors (Lipinski definition) is 5. The standard InChI is InChI=1S/C12H12N2O3/c13-7-5-6-10(16)11(12(7)17)14-8-3-1-2-4-9(8)15/h1-6,14-17H,13H2. The van der Waals surface area contributed by atoms with Gasteiger partial charge < -0.3 is 26.4 Å². The summed E-state index contributed by atoms with van der Waals surface area (Å²) in [5.74, 6) is -0.401. The van der Waals surface area contributed by atoms with Gasteiger partial charge in [-0.05, 0) is 24.3 Å². The zero-order valence-corrected chi connectivity index (χ0v) is 8.88. The predicted octanol–water partition coefficient (Wildman–Crippen LogP) is 2.13. The zero-order chi connectivity index (χ0) is 12.4. The van der Waals surface area contributed by atoms with Crippen molar-refractivity contribution < 1.29 is 15.3 Å². The van der Waals surface area contributed by atoms with Gasteiger partial charge in [-0.1, -0.05) is 12.1 Å². The van der Waals surface area contributed by atoms with Crippen LogP contribution in [0.3, 0.4) is 0 Å². The van der Waals surface area contributed by atoms with Crippen LogP contribution in [0.15, 0.2) is 36.4 Å². The van der Waals surface area contributed by atoms with Crippen LogP contribution < -0.4 is 11.1 Å². The molecular weight excluding hydrogens is 220 g/mol. The van der Waals surface area contributed by atoms with Gasteiger partial charge in [0.2, 0.25) is 0 Å². The molecule has 0 aromatic heterocycles. The second kappa shape index (κ2) is 4.13. The molecule has 0 fully saturated rings. The number of nitrogens with one attached hydrogen (secondary N) is 1. The van der Waals surface area contributed by atoms with Crippen molar-refractivity contribution in [3.63, 3.8) is 0 Å². The number of phenols is 3. The number of rotatable bonds is 2. The highest BCUT2D eigenvalue weighted by molar-refractivity contribution is 5.80. The molecule has 0 saturated heterocycles. The second-order valence-electron chi connectivity index (χ2n) is 3.54. The number of hydrogen-bond acceptors (Lipinski definition) is 5. The monoisotopic (exact) mass is 232 g/mol. The Labute approximate surface area is 97.8 Å². The molecule has 0 amide bonds. The maximum Gasteiger partial charge on any atom is 0.166 e. The molecule has 5 nitrogen and oxygen atoms in total. The minimum absolute atomic E-state index is 0.00808. The first-order valence-corrected chi connectivity index (χ1v) is 4.95. The van der Waals surface area contributed by atoms with E-state index in [0.717, 1.165) is 0 Å². The highest BCUT2D eigenvalue weighted by Crippen LogP contribution is 2.40. The van der Waals surface area contributed by atoms with Crippen molar-refractivity contribution in [1.82, 2.24) is 0 Å². The number of aromatic hydroxyl groups is 3. The Morgan fingerprint density at radius 1 is 0.882 bits per heavy atom. The van der Waals surface area contributed by atoms with Gasteiger partial charge in [-0.15, -0.1) is 0 Å². The van der Waals surface area contributed by atoms with Crippen LogP contribution >= 0.6 is 0 Å². The molecule has 0 unspecified atom stereocenters. The van der Waals surface area contributed by atoms with Gasteiger partial charge in [-0.2, -0.15) is 0 Å². The number of anilines is 3. The second-order valence-corrected chi connectivity index (χ2v) is 3.54. The quantitative estimate of drug-likeness (QED) is 0.310. The van der Waals surface area contributed by atoms with Gasteiger partial charge in [0, 0.05) is 0 Å². The molecule has 0 saturated carbocycles. The minimum Gasteiger partial charge on any atom is -0.506 e. The molecule has 5 heteroatoms. The van der Waals surface area contributed by atoms with Crippen molar-refractivity contribution in [3.8, 4) is 17.2 Å². The van der Waals surface area contributed by atoms with Gasteiger partial charge >= 0.3 is 0 Å². The average Bonchev–Trinajstić information content (AvgIpc) is 2.32. The van der Waals surface area contributed by atoms with E-state index >= 15 is 0 Å². The third kappa shape index (κ3) is 2.03. The smallest absolute Gasteiger partial charge is 0.166 e. The van der Waals surface area contributed by atoms with Crippen LogP contribution in [0, 0.1) is 0 Å². The molecule has 2 aromatic carbocycles. The number of benzene rings is 2. The molecule has 17 heavy (non-hydrogen) atoms. The van der Waals surface area contributed by atoms with E-state index in [1.807, 2.05) is 0 Å². The van der Waals surface area contributed by atoms with Crippen LogP contribution in [-0.2, 0) is 0 Å². The van der Waals surface area contributed by atoms with Gasteiger partial charge in [-0.25, -0.2) is 0 Å². The molecule has 0 aliphatic rings. The fourth-order valence-corrected chi connectivity index (χ4v) is 1.43. The average molecular weight is 232 g/mol. The lowest BCUT2D eigenvalue weighted by molar-refractivity contribution is 0.456. The summed E-state index contributed by atoms with van der Waals surface area (Å²) in [6, 6.07) is 9.22. The normalized spacial score (nSPS) is 10.1. The highest BCUT2D eigenvalue weighted by Gasteiger charge is 2.11. The topological polar surface area (TPSA) is 98.7 Å². The molecule has 2 rings (SSSR count). The Kier molecular flexibility index (Phi) is 2.66. The summed E-state index contributed by atoms with van der Waals surface area (Å²) in [6.07, 6.45) is 0. The van der Waals surface area contributed by atoms with Crippen LogP contribution in [0.25, 0.3) is 0 Å². The lowest BCUT2D eigenvalue weighted by Crippen LogP contribution is -1.94. The Hall–Kier alpha value is -2.56. The number of nitrogen functional groups attached to an aromatic ring is 1. The molecule has 0 aliphatic heterocycles. The fourth-order valence-electron chi connectivity index (χ4n) is 1.43. The lowest BCUT2D eigenvalue weighted by Gasteiger charge is -2.12. The number of nitrogens with two attached hydrogens (primary N) is 1. The molecule has 0 aliphatic carbocycles. The summed E-state index contributed by atoms with van der Waals surface area (Å²) < 4.78 is 0. The Bertz CT molecular complexity index is 555. The van der Waals surface area contributed by atoms with E-state index in [1.165, 1.54) is 18.2 Å². The van der Waals surface area contributed by atoms with Crippen molar-refractivity contribution in [1.29, 1.82) is 0 Å². The SMILES string of the molecule is Nc1ccc(O)c(Nc2ccccc2O)c1O. The van der Waals surface area contributed by atoms with E-state index in [1.54, 1.807) is 18.2 Å². The molecule has 2 aromatic rings. The molecule has 0 bridgehead atoms. The third-order valence-electron chi connectivity index (χ3n) is 2.35. The van der Waals surface area contributed by atoms with E-state index in [0.29, 0.717) is 5.69 Å². The van der Waals surface area contributed by atoms with Gasteiger partial charge in [0.1, 0.15) is 17.2 Å². The molecular formula is C12H12N2O3. The molecule has 0 spiro atoms. The van der Waals surface area contributed by atoms with E-state index in [4.69, 9.17) is 5.73 Å². The van der Waals surface area contributed by atoms with Gasteiger partial charge in [0.05, 0.1) is 11.4 Å². The van der Waals surface area contributed by atoms with Gasteiger partial charge in [0.25, 0.3) is 0 Å². The summed E-state index contributed by atoms with van der Waals surface area (Å²) >= 11 is 0. The number of para-hydroxylation sites is 2. The van der Waals surface area contributed by atoms with E-state index < -0.39 is 0 Å². The molecule has 88 valence electrons. The first-order chi connectivity index (χ1) is 8.09. The summed E-state index contributed by atoms with van der Waals surface area (Å²) in [6.45, 7) is 0. The largest absolute Gasteiger partial charge is 0.506 e. The molecule has 0 heterocycles. The Morgan fingerprint density at radius 3 is 2.29 bits per heavy atom. The van der Waals surface area contributed by atoms with Gasteiger partial charge in [0.15, 0.2) is 5.75 Å². The van der Waals surface area contributed by atoms with E-state index in [9.17, 15) is 15.3 Å². The van der Waals surface area contributed by atoms with Crippen LogP contribution in [0.4, 0.5) is 17.1 Å². The maximum atomic E-state index is 9.70. The van der Waals surface area contributed by atoms with E-state index in [2.05, 4.69) is 5.32 Å². The van der Waals surface area contributed by atoms with Gasteiger partial charge in [-0.3, -0.25) is 0 Å². The van der Waals surface area contributed by atoms with Crippen LogP contribution in [0.1, 0.15) is 0 Å². The van der Waals surface area contributed by atoms with Crippen molar-refractivity contribution in [2.24, 2.45) is 0 Å². The van der Waals surface area contributed by atoms with Crippen molar-refractivity contribution in [3.05, 3.63) is 36.4 Å². The third-order valence-corrected chi connectivity index (χ3v) is 2.35. The van der Waals surface area contributed by atoms with Crippen molar-refractivity contribution in [2.45, 2.75) is 0 Å². The van der Waals surface area contributed by atoms with Crippen LogP contribution in [0.2, 0.25) is 0 Å². The van der Waals surface area contributed by atoms with Crippen LogP contribution in [0.5, 0.6) is 17.2 Å². The summed E-state index contributed by atoms with van der Waals surface area (Å²) in [5, 5.41) is 31.6. The maximum absolute atomic E-state index is 9.70. The predicted molar refractivity (Wildman–Crippen MR) is 65.6 cm³/mol. The molecule has 0 radical (unpaired) electrons. The Balaban J connectivity index is 2.43. The van der Waals surface area contributed by atoms with Crippen molar-refractivity contribution in [2.75, 3.05) is 11.1 Å². The molecule has 0 atom stereocenters. The first kappa shape index (κ1) is 10.9. The van der Waals surface area contributed by atoms with Crippen molar-refractivity contribution >= 4 is 17.1 Å². The lowest BCUT2D eigenvalue weighted by atomic mass is 10.2. The number of phenolic OH excluding ortho intramolecular Hbond substituents is 3. The summed E-state index contributed by atoms with van der Waals surface area (Å²) in [5.41, 5.74) is 6.08.